The fraction of sp³-hybridized carbons (Fsp3) is 0.531. The van der Waals surface area contributed by atoms with Crippen LogP contribution in [0.2, 0.25) is 0 Å². The lowest BCUT2D eigenvalue weighted by Gasteiger charge is -2.29. The Kier molecular flexibility index (Phi) is 12.8. The zero-order valence-electron chi connectivity index (χ0n) is 24.7. The molecule has 2 aromatic carbocycles. The van der Waals surface area contributed by atoms with E-state index in [-0.39, 0.29) is 18.8 Å². The van der Waals surface area contributed by atoms with Crippen LogP contribution in [-0.4, -0.2) is 56.9 Å². The average Bonchev–Trinajstić information content (AvgIpc) is 3.16. The van der Waals surface area contributed by atoms with Gasteiger partial charge < -0.3 is 25.5 Å². The summed E-state index contributed by atoms with van der Waals surface area (Å²) in [7, 11) is 0. The molecule has 1 saturated heterocycles. The molecule has 230 valence electrons. The van der Waals surface area contributed by atoms with Crippen LogP contribution >= 0.6 is 0 Å². The second-order valence-electron chi connectivity index (χ2n) is 11.3. The quantitative estimate of drug-likeness (QED) is 0.130. The maximum Gasteiger partial charge on any atom is 0.358 e. The number of amides is 3. The van der Waals surface area contributed by atoms with Gasteiger partial charge in [0.05, 0.1) is 12.7 Å². The maximum atomic E-state index is 12.5. The van der Waals surface area contributed by atoms with Crippen molar-refractivity contribution in [2.45, 2.75) is 96.3 Å². The van der Waals surface area contributed by atoms with Crippen molar-refractivity contribution in [3.63, 3.8) is 0 Å². The van der Waals surface area contributed by atoms with Crippen LogP contribution in [0.25, 0.3) is 0 Å². The largest absolute Gasteiger partial charge is 0.508 e. The molecule has 2 unspecified atom stereocenters. The lowest BCUT2D eigenvalue weighted by molar-refractivity contribution is -0.189. The molecule has 1 aliphatic rings. The van der Waals surface area contributed by atoms with Gasteiger partial charge in [0.1, 0.15) is 5.75 Å². The second-order valence-corrected chi connectivity index (χ2v) is 11.3. The number of carbonyl (C=O) groups is 3. The number of imide groups is 1. The van der Waals surface area contributed by atoms with E-state index in [9.17, 15) is 29.7 Å². The molecule has 3 rings (SSSR count). The first kappa shape index (κ1) is 33.0. The molecule has 0 aromatic heterocycles. The molecule has 0 spiro atoms. The van der Waals surface area contributed by atoms with Gasteiger partial charge in [0, 0.05) is 25.5 Å². The molecule has 10 nitrogen and oxygen atoms in total. The molecule has 0 saturated carbocycles. The standard InChI is InChI=1S/C32H45N3O7/c1-23(37)42-35-31(41)34-30(40)32(35,2)20-25-14-11-13-24(18-25)12-9-7-5-3-4-6-8-10-17-33-21-29(39)26-15-16-28(38)27(19-26)22-36/h11,13-16,18-19,29,33,36,38-39H,3-10,12,17,20-22H2,1-2H3,(H,34,40,41). The summed E-state index contributed by atoms with van der Waals surface area (Å²) in [6, 6.07) is 12.1. The SMILES string of the molecule is CC(=O)ON1C(=O)NC(=O)C1(C)Cc1cccc(CCCCCCCCCCNCC(O)c2ccc(O)c(CO)c2)c1. The van der Waals surface area contributed by atoms with Crippen LogP contribution in [0.15, 0.2) is 42.5 Å². The van der Waals surface area contributed by atoms with Crippen LogP contribution in [0.4, 0.5) is 4.79 Å². The van der Waals surface area contributed by atoms with Crippen LogP contribution in [0.3, 0.4) is 0 Å². The van der Waals surface area contributed by atoms with E-state index in [1.54, 1.807) is 19.1 Å². The highest BCUT2D eigenvalue weighted by atomic mass is 16.7. The number of hydroxylamine groups is 2. The molecule has 42 heavy (non-hydrogen) atoms. The fourth-order valence-corrected chi connectivity index (χ4v) is 5.25. The van der Waals surface area contributed by atoms with Gasteiger partial charge in [-0.05, 0) is 61.6 Å². The Balaban J connectivity index is 1.25. The Morgan fingerprint density at radius 3 is 2.36 bits per heavy atom. The minimum atomic E-state index is -1.29. The molecular formula is C32H45N3O7. The lowest BCUT2D eigenvalue weighted by atomic mass is 9.91. The van der Waals surface area contributed by atoms with Crippen molar-refractivity contribution in [2.24, 2.45) is 0 Å². The zero-order chi connectivity index (χ0) is 30.5. The summed E-state index contributed by atoms with van der Waals surface area (Å²) in [4.78, 5) is 41.1. The number of nitrogens with one attached hydrogen (secondary N) is 2. The third-order valence-electron chi connectivity index (χ3n) is 7.67. The highest BCUT2D eigenvalue weighted by molar-refractivity contribution is 6.06. The molecule has 2 atom stereocenters. The predicted octanol–water partition coefficient (Wildman–Crippen LogP) is 4.20. The third-order valence-corrected chi connectivity index (χ3v) is 7.67. The maximum absolute atomic E-state index is 12.5. The van der Waals surface area contributed by atoms with E-state index in [1.807, 2.05) is 12.1 Å². The molecule has 3 amide bonds. The molecule has 2 aromatic rings. The molecule has 0 aliphatic carbocycles. The summed E-state index contributed by atoms with van der Waals surface area (Å²) in [5.74, 6) is -1.11. The van der Waals surface area contributed by atoms with Gasteiger partial charge in [-0.1, -0.05) is 68.9 Å². The highest BCUT2D eigenvalue weighted by Crippen LogP contribution is 2.27. The molecule has 5 N–H and O–H groups in total. The van der Waals surface area contributed by atoms with Gasteiger partial charge in [0.2, 0.25) is 0 Å². The first-order chi connectivity index (χ1) is 20.1. The van der Waals surface area contributed by atoms with E-state index in [4.69, 9.17) is 4.84 Å². The molecule has 0 bridgehead atoms. The van der Waals surface area contributed by atoms with Crippen molar-refractivity contribution in [1.29, 1.82) is 0 Å². The topological polar surface area (TPSA) is 148 Å². The van der Waals surface area contributed by atoms with Crippen LogP contribution in [0, 0.1) is 0 Å². The predicted molar refractivity (Wildman–Crippen MR) is 158 cm³/mol. The number of rotatable bonds is 18. The number of hydrogen-bond acceptors (Lipinski definition) is 8. The Bertz CT molecular complexity index is 1200. The smallest absolute Gasteiger partial charge is 0.358 e. The number of carbonyl (C=O) groups excluding carboxylic acids is 3. The van der Waals surface area contributed by atoms with Crippen LogP contribution in [0.1, 0.15) is 93.6 Å². The number of phenols is 1. The van der Waals surface area contributed by atoms with Crippen molar-refractivity contribution < 1.29 is 34.5 Å². The summed E-state index contributed by atoms with van der Waals surface area (Å²) in [6.45, 7) is 3.79. The van der Waals surface area contributed by atoms with E-state index in [2.05, 4.69) is 22.8 Å². The van der Waals surface area contributed by atoms with Crippen LogP contribution < -0.4 is 10.6 Å². The van der Waals surface area contributed by atoms with Crippen molar-refractivity contribution in [2.75, 3.05) is 13.1 Å². The number of aliphatic hydroxyl groups excluding tert-OH is 2. The van der Waals surface area contributed by atoms with E-state index in [0.29, 0.717) is 17.7 Å². The van der Waals surface area contributed by atoms with E-state index in [1.165, 1.54) is 44.2 Å². The molecule has 0 radical (unpaired) electrons. The first-order valence-electron chi connectivity index (χ1n) is 14.9. The first-order valence-corrected chi connectivity index (χ1v) is 14.9. The van der Waals surface area contributed by atoms with E-state index < -0.39 is 29.6 Å². The highest BCUT2D eigenvalue weighted by Gasteiger charge is 2.52. The summed E-state index contributed by atoms with van der Waals surface area (Å²) in [6.07, 6.45) is 9.68. The molecular weight excluding hydrogens is 538 g/mol. The van der Waals surface area contributed by atoms with E-state index >= 15 is 0 Å². The summed E-state index contributed by atoms with van der Waals surface area (Å²) in [5.41, 5.74) is 1.87. The lowest BCUT2D eigenvalue weighted by Crippen LogP contribution is -2.49. The number of benzene rings is 2. The molecule has 1 fully saturated rings. The average molecular weight is 584 g/mol. The number of urea groups is 1. The van der Waals surface area contributed by atoms with Crippen molar-refractivity contribution in [1.82, 2.24) is 15.7 Å². The summed E-state index contributed by atoms with van der Waals surface area (Å²) in [5, 5.41) is 35.6. The number of aliphatic hydroxyl groups is 2. The van der Waals surface area contributed by atoms with Gasteiger partial charge in [-0.15, -0.1) is 5.06 Å². The molecule has 10 heteroatoms. The number of aryl methyl sites for hydroxylation is 1. The molecule has 1 heterocycles. The Hall–Kier alpha value is -3.47. The van der Waals surface area contributed by atoms with Crippen molar-refractivity contribution in [3.05, 3.63) is 64.7 Å². The normalized spacial score (nSPS) is 17.4. The van der Waals surface area contributed by atoms with Crippen LogP contribution in [0.5, 0.6) is 5.75 Å². The van der Waals surface area contributed by atoms with Gasteiger partial charge in [-0.3, -0.25) is 14.9 Å². The summed E-state index contributed by atoms with van der Waals surface area (Å²) < 4.78 is 0. The minimum Gasteiger partial charge on any atom is -0.508 e. The number of hydrogen-bond donors (Lipinski definition) is 5. The van der Waals surface area contributed by atoms with Gasteiger partial charge in [-0.2, -0.15) is 0 Å². The van der Waals surface area contributed by atoms with E-state index in [0.717, 1.165) is 49.3 Å². The van der Waals surface area contributed by atoms with Gasteiger partial charge in [0.15, 0.2) is 5.54 Å². The zero-order valence-corrected chi connectivity index (χ0v) is 24.7. The summed E-state index contributed by atoms with van der Waals surface area (Å²) >= 11 is 0. The van der Waals surface area contributed by atoms with Gasteiger partial charge in [-0.25, -0.2) is 4.79 Å². The Morgan fingerprint density at radius 1 is 1.00 bits per heavy atom. The Morgan fingerprint density at radius 2 is 1.67 bits per heavy atom. The monoisotopic (exact) mass is 583 g/mol. The van der Waals surface area contributed by atoms with Crippen LogP contribution in [-0.2, 0) is 33.9 Å². The fourth-order valence-electron chi connectivity index (χ4n) is 5.25. The number of aromatic hydroxyl groups is 1. The second kappa shape index (κ2) is 16.2. The van der Waals surface area contributed by atoms with Crippen molar-refractivity contribution in [3.8, 4) is 5.75 Å². The van der Waals surface area contributed by atoms with Gasteiger partial charge in [0.25, 0.3) is 5.91 Å². The minimum absolute atomic E-state index is 0.0326. The van der Waals surface area contributed by atoms with Crippen molar-refractivity contribution >= 4 is 17.9 Å². The Labute approximate surface area is 248 Å². The third kappa shape index (κ3) is 9.54. The number of unbranched alkanes of at least 4 members (excludes halogenated alkanes) is 7. The van der Waals surface area contributed by atoms with Gasteiger partial charge >= 0.3 is 12.0 Å². The molecule has 1 aliphatic heterocycles. The number of nitrogens with zero attached hydrogens (tertiary/aromatic N) is 1.